The maximum Gasteiger partial charge on any atom is 0.230 e. The highest BCUT2D eigenvalue weighted by Gasteiger charge is 2.51. The number of aliphatic hydroxyl groups excluding tert-OH is 7. The van der Waals surface area contributed by atoms with Crippen LogP contribution in [-0.4, -0.2) is 128 Å². The Balaban J connectivity index is 1.52. The summed E-state index contributed by atoms with van der Waals surface area (Å²) in [6, 6.07) is 8.16. The molecule has 0 spiro atoms. The average molecular weight is 625 g/mol. The van der Waals surface area contributed by atoms with Crippen LogP contribution >= 0.6 is 0 Å². The first-order valence-corrected chi connectivity index (χ1v) is 13.4. The Hall–Kier alpha value is -3.55. The first kappa shape index (κ1) is 31.9. The van der Waals surface area contributed by atoms with Crippen LogP contribution in [0.4, 0.5) is 0 Å². The van der Waals surface area contributed by atoms with Crippen molar-refractivity contribution in [2.45, 2.75) is 61.4 Å². The van der Waals surface area contributed by atoms with Gasteiger partial charge >= 0.3 is 0 Å². The van der Waals surface area contributed by atoms with Gasteiger partial charge in [-0.15, -0.1) is 0 Å². The van der Waals surface area contributed by atoms with Gasteiger partial charge in [0, 0.05) is 17.7 Å². The van der Waals surface area contributed by atoms with Gasteiger partial charge in [-0.25, -0.2) is 0 Å². The SMILES string of the molecule is COc1cc2oc(-c3ccc(O)cc3)cc(=O)c2c(O)c1O[C@H]1O[C@H](CO)[C@@H](O)[C@H](O)[C@H]1O[C@@H]1O[C@H](CO)[C@@H](O)[C@H](O)[C@H]1O. The van der Waals surface area contributed by atoms with Gasteiger partial charge in [0.25, 0.3) is 0 Å². The Kier molecular flexibility index (Phi) is 9.28. The number of aliphatic hydroxyl groups is 7. The third-order valence-corrected chi connectivity index (χ3v) is 7.48. The Morgan fingerprint density at radius 1 is 0.795 bits per heavy atom. The van der Waals surface area contributed by atoms with Crippen LogP contribution in [0.15, 0.2) is 45.6 Å². The molecule has 0 aliphatic carbocycles. The number of ether oxygens (including phenoxy) is 5. The molecule has 16 heteroatoms. The van der Waals surface area contributed by atoms with E-state index in [0.29, 0.717) is 5.56 Å². The fourth-order valence-electron chi connectivity index (χ4n) is 5.04. The Morgan fingerprint density at radius 2 is 1.41 bits per heavy atom. The molecule has 2 aliphatic heterocycles. The summed E-state index contributed by atoms with van der Waals surface area (Å²) in [5.41, 5.74) is -0.349. The number of methoxy groups -OCH3 is 1. The van der Waals surface area contributed by atoms with Gasteiger partial charge in [0.05, 0.1) is 20.3 Å². The summed E-state index contributed by atoms with van der Waals surface area (Å²) >= 11 is 0. The van der Waals surface area contributed by atoms with Crippen molar-refractivity contribution in [1.82, 2.24) is 0 Å². The molecule has 10 atom stereocenters. The van der Waals surface area contributed by atoms with E-state index in [2.05, 4.69) is 0 Å². The van der Waals surface area contributed by atoms with Crippen molar-refractivity contribution in [2.24, 2.45) is 0 Å². The van der Waals surface area contributed by atoms with Crippen molar-refractivity contribution in [3.8, 4) is 34.3 Å². The number of fused-ring (bicyclic) bond motifs is 1. The zero-order valence-electron chi connectivity index (χ0n) is 23.0. The smallest absolute Gasteiger partial charge is 0.230 e. The highest BCUT2D eigenvalue weighted by atomic mass is 16.8. The van der Waals surface area contributed by atoms with E-state index >= 15 is 0 Å². The highest BCUT2D eigenvalue weighted by Crippen LogP contribution is 2.44. The van der Waals surface area contributed by atoms with Crippen molar-refractivity contribution in [2.75, 3.05) is 20.3 Å². The van der Waals surface area contributed by atoms with Crippen LogP contribution in [0.5, 0.6) is 23.0 Å². The van der Waals surface area contributed by atoms with Gasteiger partial charge in [-0.2, -0.15) is 0 Å². The number of hydrogen-bond acceptors (Lipinski definition) is 16. The van der Waals surface area contributed by atoms with Crippen LogP contribution in [0.2, 0.25) is 0 Å². The molecule has 2 aliphatic rings. The molecule has 0 amide bonds. The summed E-state index contributed by atoms with van der Waals surface area (Å²) in [6.45, 7) is -1.57. The molecule has 0 bridgehead atoms. The number of hydrogen-bond donors (Lipinski definition) is 9. The van der Waals surface area contributed by atoms with Crippen LogP contribution in [0.1, 0.15) is 0 Å². The molecule has 1 aromatic heterocycles. The second kappa shape index (κ2) is 12.8. The molecule has 3 heterocycles. The van der Waals surface area contributed by atoms with Gasteiger partial charge in [-0.1, -0.05) is 0 Å². The first-order chi connectivity index (χ1) is 21.0. The number of benzene rings is 2. The summed E-state index contributed by atoms with van der Waals surface area (Å²) in [5.74, 6) is -1.32. The normalized spacial score (nSPS) is 32.5. The highest BCUT2D eigenvalue weighted by molar-refractivity contribution is 5.89. The summed E-state index contributed by atoms with van der Waals surface area (Å²) in [6.07, 6.45) is -17.2. The number of phenolic OH excluding ortho intramolecular Hbond substituents is 2. The molecule has 0 saturated carbocycles. The van der Waals surface area contributed by atoms with E-state index in [4.69, 9.17) is 28.1 Å². The lowest BCUT2D eigenvalue weighted by Gasteiger charge is -2.45. The Labute approximate surface area is 248 Å². The maximum atomic E-state index is 13.1. The maximum absolute atomic E-state index is 13.1. The van der Waals surface area contributed by atoms with Crippen LogP contribution < -0.4 is 14.9 Å². The quantitative estimate of drug-likeness (QED) is 0.130. The Morgan fingerprint density at radius 3 is 2.02 bits per heavy atom. The molecule has 2 saturated heterocycles. The summed E-state index contributed by atoms with van der Waals surface area (Å²) in [4.78, 5) is 13.1. The fourth-order valence-corrected chi connectivity index (χ4v) is 5.04. The number of aromatic hydroxyl groups is 2. The largest absolute Gasteiger partial charge is 0.508 e. The fraction of sp³-hybridized carbons (Fsp3) is 0.464. The summed E-state index contributed by atoms with van der Waals surface area (Å²) < 4.78 is 33.6. The van der Waals surface area contributed by atoms with Crippen LogP contribution in [0, 0.1) is 0 Å². The molecule has 3 aromatic rings. The topological polar surface area (TPSA) is 258 Å². The molecule has 9 N–H and O–H groups in total. The third kappa shape index (κ3) is 5.80. The van der Waals surface area contributed by atoms with Crippen LogP contribution in [0.25, 0.3) is 22.3 Å². The molecule has 2 aromatic carbocycles. The van der Waals surface area contributed by atoms with Crippen molar-refractivity contribution in [3.05, 3.63) is 46.6 Å². The van der Waals surface area contributed by atoms with E-state index < -0.39 is 91.6 Å². The molecule has 16 nitrogen and oxygen atoms in total. The third-order valence-electron chi connectivity index (χ3n) is 7.48. The van der Waals surface area contributed by atoms with Gasteiger partial charge in [-0.05, 0) is 24.3 Å². The molecule has 2 fully saturated rings. The molecule has 240 valence electrons. The second-order valence-electron chi connectivity index (χ2n) is 10.3. The van der Waals surface area contributed by atoms with Crippen molar-refractivity contribution < 1.29 is 74.1 Å². The van der Waals surface area contributed by atoms with Gasteiger partial charge in [0.1, 0.15) is 65.2 Å². The van der Waals surface area contributed by atoms with Crippen molar-refractivity contribution in [3.63, 3.8) is 0 Å². The number of phenols is 2. The van der Waals surface area contributed by atoms with Crippen LogP contribution in [-0.2, 0) is 14.2 Å². The second-order valence-corrected chi connectivity index (χ2v) is 10.3. The minimum atomic E-state index is -1.90. The minimum absolute atomic E-state index is 0.00202. The Bertz CT molecular complexity index is 1510. The average Bonchev–Trinajstić information content (AvgIpc) is 3.01. The van der Waals surface area contributed by atoms with Gasteiger partial charge in [0.15, 0.2) is 29.3 Å². The van der Waals surface area contributed by atoms with Crippen molar-refractivity contribution in [1.29, 1.82) is 0 Å². The monoisotopic (exact) mass is 624 g/mol. The first-order valence-electron chi connectivity index (χ1n) is 13.4. The van der Waals surface area contributed by atoms with E-state index in [9.17, 15) is 50.8 Å². The van der Waals surface area contributed by atoms with Crippen molar-refractivity contribution >= 4 is 11.0 Å². The molecule has 0 unspecified atom stereocenters. The lowest BCUT2D eigenvalue weighted by atomic mass is 9.97. The van der Waals surface area contributed by atoms with E-state index in [1.807, 2.05) is 0 Å². The van der Waals surface area contributed by atoms with Gasteiger partial charge < -0.3 is 74.1 Å². The minimum Gasteiger partial charge on any atom is -0.508 e. The molecule has 44 heavy (non-hydrogen) atoms. The van der Waals surface area contributed by atoms with E-state index in [-0.39, 0.29) is 28.2 Å². The van der Waals surface area contributed by atoms with Gasteiger partial charge in [0.2, 0.25) is 12.0 Å². The number of rotatable bonds is 8. The van der Waals surface area contributed by atoms with E-state index in [1.165, 1.54) is 37.4 Å². The summed E-state index contributed by atoms with van der Waals surface area (Å²) in [7, 11) is 1.22. The molecule has 5 rings (SSSR count). The predicted molar refractivity (Wildman–Crippen MR) is 145 cm³/mol. The van der Waals surface area contributed by atoms with E-state index in [0.717, 1.165) is 6.07 Å². The molecular formula is C28H32O16. The zero-order chi connectivity index (χ0) is 31.9. The summed E-state index contributed by atoms with van der Waals surface area (Å²) in [5, 5.41) is 91.7. The van der Waals surface area contributed by atoms with Gasteiger partial charge in [-0.3, -0.25) is 4.79 Å². The van der Waals surface area contributed by atoms with Crippen LogP contribution in [0.3, 0.4) is 0 Å². The van der Waals surface area contributed by atoms with E-state index in [1.54, 1.807) is 0 Å². The predicted octanol–water partition coefficient (Wildman–Crippen LogP) is -2.12. The molecule has 0 radical (unpaired) electrons. The zero-order valence-corrected chi connectivity index (χ0v) is 23.0. The molecular weight excluding hydrogens is 592 g/mol. The standard InChI is InChI=1S/C28H32O16/c1-39-15-7-14-18(12(32)6-13(40-14)10-2-4-11(31)5-3-10)21(35)25(15)43-28-26(23(37)20(34)17(9-30)42-28)44-27-24(38)22(36)19(33)16(8-29)41-27/h2-7,16-17,19-20,22-24,26-31,33-38H,8-9H2,1H3/t16-,17-,19-,20-,22+,23+,24-,26-,27+,28-/m1/s1. The lowest BCUT2D eigenvalue weighted by molar-refractivity contribution is -0.358. The lowest BCUT2D eigenvalue weighted by Crippen LogP contribution is -2.65.